The summed E-state index contributed by atoms with van der Waals surface area (Å²) in [5.41, 5.74) is 0.894. The Balaban J connectivity index is 2.16. The Morgan fingerprint density at radius 1 is 1.47 bits per heavy atom. The van der Waals surface area contributed by atoms with Crippen molar-refractivity contribution in [3.63, 3.8) is 0 Å². The highest BCUT2D eigenvalue weighted by Gasteiger charge is 2.09. The van der Waals surface area contributed by atoms with Gasteiger partial charge in [-0.2, -0.15) is 0 Å². The predicted octanol–water partition coefficient (Wildman–Crippen LogP) is 2.48. The van der Waals surface area contributed by atoms with Crippen molar-refractivity contribution < 1.29 is 14.6 Å². The van der Waals surface area contributed by atoms with E-state index in [1.54, 1.807) is 19.2 Å². The highest BCUT2D eigenvalue weighted by molar-refractivity contribution is 5.79. The van der Waals surface area contributed by atoms with Gasteiger partial charge in [-0.1, -0.05) is 6.07 Å². The van der Waals surface area contributed by atoms with Crippen LogP contribution in [0.4, 0.5) is 0 Å². The minimum Gasteiger partial charge on any atom is -0.490 e. The summed E-state index contributed by atoms with van der Waals surface area (Å²) < 4.78 is 5.52. The summed E-state index contributed by atoms with van der Waals surface area (Å²) in [6.45, 7) is 1.74. The number of fused-ring (bicyclic) bond motifs is 1. The van der Waals surface area contributed by atoms with Crippen LogP contribution in [0.1, 0.15) is 13.3 Å². The lowest BCUT2D eigenvalue weighted by Crippen LogP contribution is -2.16. The molecule has 4 nitrogen and oxygen atoms in total. The van der Waals surface area contributed by atoms with E-state index < -0.39 is 5.97 Å². The van der Waals surface area contributed by atoms with Crippen LogP contribution in [0.25, 0.3) is 10.9 Å². The molecule has 17 heavy (non-hydrogen) atoms. The smallest absolute Gasteiger partial charge is 0.307 e. The maximum Gasteiger partial charge on any atom is 0.307 e. The SMILES string of the molecule is CC(CC(=O)O)Oc1ccc2ncccc2c1. The Morgan fingerprint density at radius 2 is 2.29 bits per heavy atom. The molecule has 0 bridgehead atoms. The van der Waals surface area contributed by atoms with E-state index >= 15 is 0 Å². The number of ether oxygens (including phenoxy) is 1. The largest absolute Gasteiger partial charge is 0.490 e. The summed E-state index contributed by atoms with van der Waals surface area (Å²) in [6.07, 6.45) is 1.38. The van der Waals surface area contributed by atoms with Gasteiger partial charge in [0, 0.05) is 11.6 Å². The molecule has 0 amide bonds. The van der Waals surface area contributed by atoms with Gasteiger partial charge < -0.3 is 9.84 Å². The molecule has 0 aliphatic carbocycles. The van der Waals surface area contributed by atoms with E-state index in [9.17, 15) is 4.79 Å². The molecule has 0 spiro atoms. The van der Waals surface area contributed by atoms with Gasteiger partial charge in [-0.15, -0.1) is 0 Å². The van der Waals surface area contributed by atoms with Crippen molar-refractivity contribution in [2.45, 2.75) is 19.4 Å². The maximum atomic E-state index is 10.5. The molecule has 0 saturated carbocycles. The highest BCUT2D eigenvalue weighted by atomic mass is 16.5. The van der Waals surface area contributed by atoms with Crippen molar-refractivity contribution in [3.8, 4) is 5.75 Å². The van der Waals surface area contributed by atoms with Gasteiger partial charge in [0.15, 0.2) is 0 Å². The molecule has 0 aliphatic rings. The molecule has 0 saturated heterocycles. The Kier molecular flexibility index (Phi) is 3.23. The summed E-state index contributed by atoms with van der Waals surface area (Å²) in [4.78, 5) is 14.7. The van der Waals surface area contributed by atoms with Gasteiger partial charge in [0.1, 0.15) is 11.9 Å². The first-order valence-electron chi connectivity index (χ1n) is 5.38. The predicted molar refractivity (Wildman–Crippen MR) is 64.1 cm³/mol. The van der Waals surface area contributed by atoms with Gasteiger partial charge in [-0.25, -0.2) is 0 Å². The number of rotatable bonds is 4. The molecule has 1 N–H and O–H groups in total. The molecule has 1 unspecified atom stereocenters. The summed E-state index contributed by atoms with van der Waals surface area (Å²) in [6, 6.07) is 9.32. The molecule has 1 aromatic carbocycles. The van der Waals surface area contributed by atoms with Crippen LogP contribution in [0.15, 0.2) is 36.5 Å². The van der Waals surface area contributed by atoms with Crippen molar-refractivity contribution in [3.05, 3.63) is 36.5 Å². The zero-order valence-electron chi connectivity index (χ0n) is 9.46. The van der Waals surface area contributed by atoms with Crippen LogP contribution in [-0.4, -0.2) is 22.2 Å². The number of hydrogen-bond donors (Lipinski definition) is 1. The summed E-state index contributed by atoms with van der Waals surface area (Å²) in [5, 5.41) is 9.62. The average molecular weight is 231 g/mol. The Morgan fingerprint density at radius 3 is 3.06 bits per heavy atom. The fourth-order valence-corrected chi connectivity index (χ4v) is 1.65. The van der Waals surface area contributed by atoms with Crippen LogP contribution in [0.3, 0.4) is 0 Å². The van der Waals surface area contributed by atoms with Crippen LogP contribution < -0.4 is 4.74 Å². The third-order valence-corrected chi connectivity index (χ3v) is 2.37. The van der Waals surface area contributed by atoms with E-state index in [4.69, 9.17) is 9.84 Å². The van der Waals surface area contributed by atoms with Crippen LogP contribution in [-0.2, 0) is 4.79 Å². The fraction of sp³-hybridized carbons (Fsp3) is 0.231. The van der Waals surface area contributed by atoms with Gasteiger partial charge in [0.2, 0.25) is 0 Å². The van der Waals surface area contributed by atoms with E-state index in [-0.39, 0.29) is 12.5 Å². The standard InChI is InChI=1S/C13H13NO3/c1-9(7-13(15)16)17-11-4-5-12-10(8-11)3-2-6-14-12/h2-6,8-9H,7H2,1H3,(H,15,16). The van der Waals surface area contributed by atoms with Crippen molar-refractivity contribution in [2.75, 3.05) is 0 Å². The number of carboxylic acids is 1. The number of aliphatic carboxylic acids is 1. The van der Waals surface area contributed by atoms with Crippen molar-refractivity contribution >= 4 is 16.9 Å². The molecule has 0 aliphatic heterocycles. The average Bonchev–Trinajstić information content (AvgIpc) is 2.27. The zero-order valence-corrected chi connectivity index (χ0v) is 9.46. The maximum absolute atomic E-state index is 10.5. The molecule has 2 rings (SSSR count). The van der Waals surface area contributed by atoms with Crippen LogP contribution in [0, 0.1) is 0 Å². The number of carboxylic acid groups (broad SMARTS) is 1. The van der Waals surface area contributed by atoms with E-state index in [0.717, 1.165) is 10.9 Å². The van der Waals surface area contributed by atoms with Gasteiger partial charge in [-0.05, 0) is 31.2 Å². The Hall–Kier alpha value is -2.10. The molecule has 1 aromatic heterocycles. The van der Waals surface area contributed by atoms with Crippen molar-refractivity contribution in [1.82, 2.24) is 4.98 Å². The number of hydrogen-bond acceptors (Lipinski definition) is 3. The molecule has 0 fully saturated rings. The second-order valence-electron chi connectivity index (χ2n) is 3.88. The number of carbonyl (C=O) groups is 1. The van der Waals surface area contributed by atoms with E-state index in [0.29, 0.717) is 5.75 Å². The lowest BCUT2D eigenvalue weighted by Gasteiger charge is -2.12. The lowest BCUT2D eigenvalue weighted by atomic mass is 10.2. The molecule has 0 radical (unpaired) electrons. The zero-order chi connectivity index (χ0) is 12.3. The minimum absolute atomic E-state index is 0.00885. The number of aromatic nitrogens is 1. The second-order valence-corrected chi connectivity index (χ2v) is 3.88. The Labute approximate surface area is 98.9 Å². The van der Waals surface area contributed by atoms with E-state index in [1.807, 2.05) is 24.3 Å². The number of nitrogens with zero attached hydrogens (tertiary/aromatic N) is 1. The van der Waals surface area contributed by atoms with Gasteiger partial charge in [0.25, 0.3) is 0 Å². The first-order valence-corrected chi connectivity index (χ1v) is 5.38. The van der Waals surface area contributed by atoms with Crippen LogP contribution >= 0.6 is 0 Å². The summed E-state index contributed by atoms with van der Waals surface area (Å²) in [7, 11) is 0. The van der Waals surface area contributed by atoms with Crippen molar-refractivity contribution in [1.29, 1.82) is 0 Å². The molecule has 4 heteroatoms. The molecular formula is C13H13NO3. The molecule has 2 aromatic rings. The van der Waals surface area contributed by atoms with Crippen LogP contribution in [0.5, 0.6) is 5.75 Å². The second kappa shape index (κ2) is 4.82. The van der Waals surface area contributed by atoms with Crippen molar-refractivity contribution in [2.24, 2.45) is 0 Å². The highest BCUT2D eigenvalue weighted by Crippen LogP contribution is 2.20. The topological polar surface area (TPSA) is 59.4 Å². The summed E-state index contributed by atoms with van der Waals surface area (Å²) >= 11 is 0. The van der Waals surface area contributed by atoms with E-state index in [2.05, 4.69) is 4.98 Å². The van der Waals surface area contributed by atoms with Gasteiger partial charge >= 0.3 is 5.97 Å². The molecular weight excluding hydrogens is 218 g/mol. The summed E-state index contributed by atoms with van der Waals surface area (Å²) in [5.74, 6) is -0.195. The first-order chi connectivity index (χ1) is 8.15. The lowest BCUT2D eigenvalue weighted by molar-refractivity contribution is -0.138. The fourth-order valence-electron chi connectivity index (χ4n) is 1.65. The van der Waals surface area contributed by atoms with Crippen LogP contribution in [0.2, 0.25) is 0 Å². The third kappa shape index (κ3) is 2.93. The normalized spacial score (nSPS) is 12.3. The minimum atomic E-state index is -0.861. The van der Waals surface area contributed by atoms with Gasteiger partial charge in [0.05, 0.1) is 11.9 Å². The molecule has 1 heterocycles. The number of pyridine rings is 1. The van der Waals surface area contributed by atoms with Gasteiger partial charge in [-0.3, -0.25) is 9.78 Å². The monoisotopic (exact) mass is 231 g/mol. The third-order valence-electron chi connectivity index (χ3n) is 2.37. The van der Waals surface area contributed by atoms with E-state index in [1.165, 1.54) is 0 Å². The quantitative estimate of drug-likeness (QED) is 0.878. The first kappa shape index (κ1) is 11.4. The molecule has 88 valence electrons. The Bertz CT molecular complexity index is 539. The molecule has 1 atom stereocenters. The number of benzene rings is 1.